The van der Waals surface area contributed by atoms with Gasteiger partial charge in [0.25, 0.3) is 5.91 Å². The number of hydrogen-bond donors (Lipinski definition) is 1. The summed E-state index contributed by atoms with van der Waals surface area (Å²) in [4.78, 5) is 35.4. The molecule has 9 nitrogen and oxygen atoms in total. The van der Waals surface area contributed by atoms with E-state index in [4.69, 9.17) is 4.98 Å². The third-order valence-electron chi connectivity index (χ3n) is 7.59. The molecular formula is C32H39N7O2. The summed E-state index contributed by atoms with van der Waals surface area (Å²) < 4.78 is 3.64. The van der Waals surface area contributed by atoms with Crippen LogP contribution in [0, 0.1) is 0 Å². The largest absolute Gasteiger partial charge is 0.304 e. The highest BCUT2D eigenvalue weighted by molar-refractivity contribution is 6.04. The Hall–Kier alpha value is -4.08. The molecule has 1 amide bonds. The molecule has 0 unspecified atom stereocenters. The van der Waals surface area contributed by atoms with Crippen molar-refractivity contribution in [1.29, 1.82) is 0 Å². The van der Waals surface area contributed by atoms with Crippen molar-refractivity contribution < 1.29 is 9.59 Å². The highest BCUT2D eigenvalue weighted by Gasteiger charge is 2.16. The molecule has 3 heterocycles. The quantitative estimate of drug-likeness (QED) is 0.279. The zero-order chi connectivity index (χ0) is 28.6. The molecule has 0 bridgehead atoms. The first-order chi connectivity index (χ1) is 19.9. The number of amides is 1. The van der Waals surface area contributed by atoms with Gasteiger partial charge < -0.3 is 9.80 Å². The molecule has 1 aliphatic heterocycles. The van der Waals surface area contributed by atoms with Gasteiger partial charge in [-0.3, -0.25) is 24.2 Å². The van der Waals surface area contributed by atoms with Gasteiger partial charge in [0.1, 0.15) is 5.78 Å². The molecule has 9 heteroatoms. The number of nitrogens with one attached hydrogen (secondary N) is 1. The van der Waals surface area contributed by atoms with Crippen LogP contribution in [0.2, 0.25) is 0 Å². The maximum Gasteiger partial charge on any atom is 0.258 e. The summed E-state index contributed by atoms with van der Waals surface area (Å²) in [5, 5.41) is 7.24. The number of carbonyl (C=O) groups is 2. The summed E-state index contributed by atoms with van der Waals surface area (Å²) in [5.41, 5.74) is 4.16. The van der Waals surface area contributed by atoms with Crippen molar-refractivity contribution in [3.63, 3.8) is 0 Å². The number of imidazole rings is 1. The SMILES string of the molecule is CN1CCN(CCCC(=O)CCCc2cn(-c3ccccc3)c(NC(=O)c3cccc(-c4cnn(C)c4)c3)n2)CC1. The molecule has 0 radical (unpaired) electrons. The molecule has 0 saturated carbocycles. The number of Topliss-reactive ketones (excluding diaryl/α,β-unsaturated/α-hetero) is 1. The van der Waals surface area contributed by atoms with Crippen LogP contribution in [0.15, 0.2) is 73.2 Å². The number of rotatable bonds is 12. The van der Waals surface area contributed by atoms with Crippen molar-refractivity contribution in [2.24, 2.45) is 7.05 Å². The number of nitrogens with zero attached hydrogens (tertiary/aromatic N) is 6. The van der Waals surface area contributed by atoms with Crippen molar-refractivity contribution in [2.75, 3.05) is 45.1 Å². The first-order valence-electron chi connectivity index (χ1n) is 14.4. The Morgan fingerprint density at radius 2 is 1.66 bits per heavy atom. The number of para-hydroxylation sites is 1. The van der Waals surface area contributed by atoms with E-state index in [1.165, 1.54) is 0 Å². The lowest BCUT2D eigenvalue weighted by Crippen LogP contribution is -2.44. The van der Waals surface area contributed by atoms with Crippen LogP contribution in [-0.2, 0) is 18.3 Å². The summed E-state index contributed by atoms with van der Waals surface area (Å²) in [7, 11) is 4.02. The highest BCUT2D eigenvalue weighted by Crippen LogP contribution is 2.22. The molecule has 4 aromatic rings. The second-order valence-electron chi connectivity index (χ2n) is 10.8. The highest BCUT2D eigenvalue weighted by atomic mass is 16.1. The number of hydrogen-bond acceptors (Lipinski definition) is 6. The number of aryl methyl sites for hydroxylation is 2. The first kappa shape index (κ1) is 28.4. The third-order valence-corrected chi connectivity index (χ3v) is 7.59. The maximum atomic E-state index is 13.3. The number of benzene rings is 2. The monoisotopic (exact) mass is 553 g/mol. The van der Waals surface area contributed by atoms with Gasteiger partial charge in [0.15, 0.2) is 0 Å². The van der Waals surface area contributed by atoms with Gasteiger partial charge in [0.2, 0.25) is 5.95 Å². The summed E-state index contributed by atoms with van der Waals surface area (Å²) in [6.07, 6.45) is 9.16. The van der Waals surface area contributed by atoms with Gasteiger partial charge in [-0.15, -0.1) is 0 Å². The lowest BCUT2D eigenvalue weighted by Gasteiger charge is -2.32. The smallest absolute Gasteiger partial charge is 0.258 e. The van der Waals surface area contributed by atoms with Crippen molar-refractivity contribution in [3.8, 4) is 16.8 Å². The summed E-state index contributed by atoms with van der Waals surface area (Å²) in [6.45, 7) is 5.37. The molecule has 1 N–H and O–H groups in total. The Balaban J connectivity index is 1.19. The molecule has 2 aromatic heterocycles. The number of carbonyl (C=O) groups excluding carboxylic acids is 2. The average Bonchev–Trinajstić information content (AvgIpc) is 3.60. The lowest BCUT2D eigenvalue weighted by molar-refractivity contribution is -0.119. The van der Waals surface area contributed by atoms with Crippen LogP contribution in [0.4, 0.5) is 5.95 Å². The zero-order valence-corrected chi connectivity index (χ0v) is 24.0. The van der Waals surface area contributed by atoms with Gasteiger partial charge in [-0.25, -0.2) is 4.98 Å². The van der Waals surface area contributed by atoms with Gasteiger partial charge >= 0.3 is 0 Å². The molecular weight excluding hydrogens is 514 g/mol. The number of aromatic nitrogens is 4. The zero-order valence-electron chi connectivity index (χ0n) is 24.0. The van der Waals surface area contributed by atoms with Crippen LogP contribution >= 0.6 is 0 Å². The predicted molar refractivity (Wildman–Crippen MR) is 161 cm³/mol. The van der Waals surface area contributed by atoms with Crippen molar-refractivity contribution in [1.82, 2.24) is 29.1 Å². The van der Waals surface area contributed by atoms with E-state index in [0.717, 1.165) is 68.1 Å². The molecule has 1 fully saturated rings. The summed E-state index contributed by atoms with van der Waals surface area (Å²) in [5.74, 6) is 0.533. The standard InChI is InChI=1S/C32H39N7O2/c1-36-17-19-38(20-18-36)16-8-15-30(40)14-7-11-28-24-39(29-12-4-3-5-13-29)32(34-28)35-31(41)26-10-6-9-25(21-26)27-22-33-37(2)23-27/h3-6,9-10,12-13,21-24H,7-8,11,14-20H2,1-2H3,(H,34,35,41). The van der Waals surface area contributed by atoms with Crippen LogP contribution in [0.3, 0.4) is 0 Å². The number of piperazine rings is 1. The van der Waals surface area contributed by atoms with E-state index in [9.17, 15) is 9.59 Å². The van der Waals surface area contributed by atoms with Crippen LogP contribution < -0.4 is 5.32 Å². The minimum Gasteiger partial charge on any atom is -0.304 e. The number of likely N-dealkylation sites (N-methyl/N-ethyl adjacent to an activating group) is 1. The second kappa shape index (κ2) is 13.5. The van der Waals surface area contributed by atoms with Crippen LogP contribution in [0.25, 0.3) is 16.8 Å². The molecule has 5 rings (SSSR count). The van der Waals surface area contributed by atoms with E-state index in [2.05, 4.69) is 27.3 Å². The second-order valence-corrected chi connectivity index (χ2v) is 10.8. The fourth-order valence-corrected chi connectivity index (χ4v) is 5.17. The number of ketones is 1. The Labute approximate surface area is 241 Å². The van der Waals surface area contributed by atoms with Gasteiger partial charge in [0.05, 0.1) is 11.9 Å². The fourth-order valence-electron chi connectivity index (χ4n) is 5.17. The van der Waals surface area contributed by atoms with E-state index in [-0.39, 0.29) is 5.91 Å². The summed E-state index contributed by atoms with van der Waals surface area (Å²) in [6, 6.07) is 17.3. The van der Waals surface area contributed by atoms with E-state index in [0.29, 0.717) is 36.6 Å². The van der Waals surface area contributed by atoms with Crippen molar-refractivity contribution >= 4 is 17.6 Å². The minimum atomic E-state index is -0.236. The average molecular weight is 554 g/mol. The van der Waals surface area contributed by atoms with Gasteiger partial charge in [-0.05, 0) is 62.7 Å². The maximum absolute atomic E-state index is 13.3. The Morgan fingerprint density at radius 1 is 0.878 bits per heavy atom. The fraction of sp³-hybridized carbons (Fsp3) is 0.375. The molecule has 0 spiro atoms. The number of anilines is 1. The van der Waals surface area contributed by atoms with E-state index < -0.39 is 0 Å². The van der Waals surface area contributed by atoms with Gasteiger partial charge in [-0.2, -0.15) is 5.10 Å². The Bertz CT molecular complexity index is 1450. The minimum absolute atomic E-state index is 0.236. The Kier molecular flexibility index (Phi) is 9.38. The Morgan fingerprint density at radius 3 is 2.41 bits per heavy atom. The van der Waals surface area contributed by atoms with Crippen LogP contribution in [0.5, 0.6) is 0 Å². The predicted octanol–water partition coefficient (Wildman–Crippen LogP) is 4.44. The van der Waals surface area contributed by atoms with Crippen molar-refractivity contribution in [3.05, 3.63) is 84.4 Å². The topological polar surface area (TPSA) is 88.3 Å². The molecule has 1 saturated heterocycles. The van der Waals surface area contributed by atoms with E-state index >= 15 is 0 Å². The third kappa shape index (κ3) is 7.77. The molecule has 41 heavy (non-hydrogen) atoms. The molecule has 214 valence electrons. The van der Waals surface area contributed by atoms with Crippen LogP contribution in [-0.4, -0.2) is 80.6 Å². The summed E-state index contributed by atoms with van der Waals surface area (Å²) >= 11 is 0. The molecule has 2 aromatic carbocycles. The normalized spacial score (nSPS) is 14.3. The molecule has 0 aliphatic carbocycles. The first-order valence-corrected chi connectivity index (χ1v) is 14.4. The van der Waals surface area contributed by atoms with E-state index in [1.807, 2.05) is 72.5 Å². The lowest BCUT2D eigenvalue weighted by atomic mass is 10.1. The molecule has 0 atom stereocenters. The molecule has 1 aliphatic rings. The van der Waals surface area contributed by atoms with Crippen LogP contribution in [0.1, 0.15) is 41.7 Å². The van der Waals surface area contributed by atoms with Crippen molar-refractivity contribution in [2.45, 2.75) is 32.1 Å². The van der Waals surface area contributed by atoms with Gasteiger partial charge in [-0.1, -0.05) is 30.3 Å². The van der Waals surface area contributed by atoms with E-state index in [1.54, 1.807) is 16.9 Å². The van der Waals surface area contributed by atoms with Gasteiger partial charge in [0, 0.05) is 75.3 Å².